The zero-order valence-electron chi connectivity index (χ0n) is 10.0. The third kappa shape index (κ3) is 1.78. The Kier molecular flexibility index (Phi) is 3.10. The minimum absolute atomic E-state index is 0.994. The quantitative estimate of drug-likeness (QED) is 0.729. The molecule has 1 nitrogen and oxygen atoms in total. The van der Waals surface area contributed by atoms with Crippen LogP contribution >= 0.6 is 0 Å². The van der Waals surface area contributed by atoms with Crippen molar-refractivity contribution in [3.8, 4) is 0 Å². The van der Waals surface area contributed by atoms with E-state index in [1.54, 1.807) is 0 Å². The summed E-state index contributed by atoms with van der Waals surface area (Å²) in [4.78, 5) is 5.68. The number of fused-ring (bicyclic) bond motifs is 1. The van der Waals surface area contributed by atoms with Gasteiger partial charge in [0.05, 0.1) is 5.52 Å². The molecule has 0 aliphatic heterocycles. The number of aryl methyl sites for hydroxylation is 2. The van der Waals surface area contributed by atoms with Crippen LogP contribution in [0.25, 0.3) is 10.9 Å². The van der Waals surface area contributed by atoms with E-state index in [0.29, 0.717) is 0 Å². The summed E-state index contributed by atoms with van der Waals surface area (Å²) in [5, 5.41) is 1.13. The maximum Gasteiger partial charge on any atom is 0.0719 e. The molecule has 0 atom stereocenters. The molecule has 1 aromatic carbocycles. The summed E-state index contributed by atoms with van der Waals surface area (Å²) in [5.41, 5.74) is 4.60. The average molecular weight is 230 g/mol. The molecule has 2 heteroatoms. The second kappa shape index (κ2) is 4.38. The van der Waals surface area contributed by atoms with Crippen molar-refractivity contribution in [2.75, 3.05) is 0 Å². The molecule has 0 unspecified atom stereocenters. The van der Waals surface area contributed by atoms with Gasteiger partial charge in [-0.15, -0.1) is 0 Å². The number of benzene rings is 1. The number of para-hydroxylation sites is 1. The molecule has 0 amide bonds. The van der Waals surface area contributed by atoms with Gasteiger partial charge >= 0.3 is 0 Å². The van der Waals surface area contributed by atoms with Gasteiger partial charge in [-0.2, -0.15) is 4.90 Å². The summed E-state index contributed by atoms with van der Waals surface area (Å²) in [6, 6.07) is 6.22. The molecule has 1 heterocycles. The summed E-state index contributed by atoms with van der Waals surface area (Å²) >= 11 is 5.57. The Hall–Kier alpha value is -1.15. The predicted molar refractivity (Wildman–Crippen MR) is 70.8 cm³/mol. The first-order valence-corrected chi connectivity index (χ1v) is 6.11. The minimum Gasteiger partial charge on any atom is -0.779 e. The Bertz CT molecular complexity index is 532. The van der Waals surface area contributed by atoms with Crippen molar-refractivity contribution in [2.24, 2.45) is 0 Å². The number of aromatic nitrogens is 1. The maximum absolute atomic E-state index is 5.57. The smallest absolute Gasteiger partial charge is 0.0719 e. The van der Waals surface area contributed by atoms with E-state index in [4.69, 9.17) is 12.6 Å². The van der Waals surface area contributed by atoms with E-state index in [2.05, 4.69) is 44.0 Å². The van der Waals surface area contributed by atoms with Gasteiger partial charge in [-0.3, -0.25) is 4.98 Å². The Morgan fingerprint density at radius 3 is 2.69 bits per heavy atom. The van der Waals surface area contributed by atoms with Crippen LogP contribution in [-0.2, 0) is 19.0 Å². The zero-order chi connectivity index (χ0) is 11.7. The highest BCUT2D eigenvalue weighted by molar-refractivity contribution is 7.59. The molecule has 0 fully saturated rings. The van der Waals surface area contributed by atoms with Crippen LogP contribution in [-0.4, -0.2) is 4.98 Å². The van der Waals surface area contributed by atoms with E-state index in [9.17, 15) is 0 Å². The average Bonchev–Trinajstić information content (AvgIpc) is 2.26. The van der Waals surface area contributed by atoms with Crippen molar-refractivity contribution in [1.29, 1.82) is 0 Å². The van der Waals surface area contributed by atoms with Gasteiger partial charge in [-0.1, -0.05) is 31.5 Å². The van der Waals surface area contributed by atoms with E-state index < -0.39 is 0 Å². The highest BCUT2D eigenvalue weighted by atomic mass is 32.1. The third-order valence-electron chi connectivity index (χ3n) is 2.97. The van der Waals surface area contributed by atoms with Gasteiger partial charge in [-0.25, -0.2) is 0 Å². The van der Waals surface area contributed by atoms with Crippen molar-refractivity contribution < 1.29 is 0 Å². The SMILES string of the molecule is CCCc1c(C)nc2c(C)cccc2c1[S-]. The molecule has 84 valence electrons. The first-order valence-electron chi connectivity index (χ1n) is 5.71. The van der Waals surface area contributed by atoms with E-state index >= 15 is 0 Å². The molecule has 0 aliphatic rings. The Labute approximate surface area is 102 Å². The number of pyridine rings is 1. The molecule has 0 radical (unpaired) electrons. The molecule has 16 heavy (non-hydrogen) atoms. The number of hydrogen-bond acceptors (Lipinski definition) is 2. The second-order valence-corrected chi connectivity index (χ2v) is 4.63. The van der Waals surface area contributed by atoms with Crippen LogP contribution < -0.4 is 0 Å². The highest BCUT2D eigenvalue weighted by Gasteiger charge is 2.05. The largest absolute Gasteiger partial charge is 0.779 e. The van der Waals surface area contributed by atoms with Gasteiger partial charge < -0.3 is 12.6 Å². The predicted octanol–water partition coefficient (Wildman–Crippen LogP) is 3.71. The van der Waals surface area contributed by atoms with E-state index in [1.165, 1.54) is 11.1 Å². The van der Waals surface area contributed by atoms with E-state index in [1.807, 2.05) is 0 Å². The monoisotopic (exact) mass is 230 g/mol. The number of rotatable bonds is 2. The van der Waals surface area contributed by atoms with Crippen molar-refractivity contribution in [3.63, 3.8) is 0 Å². The van der Waals surface area contributed by atoms with Crippen LogP contribution in [0.5, 0.6) is 0 Å². The van der Waals surface area contributed by atoms with Crippen LogP contribution in [0.2, 0.25) is 0 Å². The van der Waals surface area contributed by atoms with Crippen molar-refractivity contribution in [1.82, 2.24) is 4.98 Å². The molecule has 0 aliphatic carbocycles. The summed E-state index contributed by atoms with van der Waals surface area (Å²) in [5.74, 6) is 0. The molecule has 0 bridgehead atoms. The van der Waals surface area contributed by atoms with Gasteiger partial charge in [0, 0.05) is 5.69 Å². The molecule has 2 rings (SSSR count). The third-order valence-corrected chi connectivity index (χ3v) is 3.44. The fourth-order valence-electron chi connectivity index (χ4n) is 2.10. The molecule has 1 aromatic heterocycles. The van der Waals surface area contributed by atoms with Gasteiger partial charge in [-0.05, 0) is 36.8 Å². The lowest BCUT2D eigenvalue weighted by atomic mass is 10.0. The number of nitrogens with zero attached hydrogens (tertiary/aromatic N) is 1. The summed E-state index contributed by atoms with van der Waals surface area (Å²) in [6.07, 6.45) is 2.14. The Morgan fingerprint density at radius 1 is 1.25 bits per heavy atom. The van der Waals surface area contributed by atoms with Crippen molar-refractivity contribution in [3.05, 3.63) is 35.0 Å². The lowest BCUT2D eigenvalue weighted by Gasteiger charge is -2.19. The highest BCUT2D eigenvalue weighted by Crippen LogP contribution is 2.26. The summed E-state index contributed by atoms with van der Waals surface area (Å²) in [7, 11) is 0. The standard InChI is InChI=1S/C14H17NS/c1-4-6-11-10(3)15-13-9(2)7-5-8-12(13)14(11)16/h5,7-8H,4,6H2,1-3H3,(H,15,16)/p-1. The van der Waals surface area contributed by atoms with Crippen LogP contribution in [0.3, 0.4) is 0 Å². The van der Waals surface area contributed by atoms with Crippen molar-refractivity contribution in [2.45, 2.75) is 38.5 Å². The fraction of sp³-hybridized carbons (Fsp3) is 0.357. The molecular weight excluding hydrogens is 214 g/mol. The lowest BCUT2D eigenvalue weighted by molar-refractivity contribution is 0.883. The van der Waals surface area contributed by atoms with Crippen LogP contribution in [0.4, 0.5) is 0 Å². The Balaban J connectivity index is 2.78. The zero-order valence-corrected chi connectivity index (χ0v) is 10.8. The minimum atomic E-state index is 0.994. The maximum atomic E-state index is 5.57. The topological polar surface area (TPSA) is 12.9 Å². The normalized spacial score (nSPS) is 10.9. The first kappa shape index (κ1) is 11.3. The lowest BCUT2D eigenvalue weighted by Crippen LogP contribution is -1.98. The van der Waals surface area contributed by atoms with Gasteiger partial charge in [0.25, 0.3) is 0 Å². The molecule has 0 saturated heterocycles. The van der Waals surface area contributed by atoms with Crippen LogP contribution in [0.15, 0.2) is 23.1 Å². The van der Waals surface area contributed by atoms with E-state index in [-0.39, 0.29) is 0 Å². The molecule has 0 spiro atoms. The van der Waals surface area contributed by atoms with E-state index in [0.717, 1.165) is 34.3 Å². The first-order chi connectivity index (χ1) is 7.65. The second-order valence-electron chi connectivity index (χ2n) is 4.23. The molecule has 0 saturated carbocycles. The van der Waals surface area contributed by atoms with Crippen LogP contribution in [0.1, 0.15) is 30.2 Å². The van der Waals surface area contributed by atoms with Crippen LogP contribution in [0, 0.1) is 13.8 Å². The molecule has 2 aromatic rings. The number of hydrogen-bond donors (Lipinski definition) is 0. The van der Waals surface area contributed by atoms with Gasteiger partial charge in [0.15, 0.2) is 0 Å². The van der Waals surface area contributed by atoms with Gasteiger partial charge in [0.2, 0.25) is 0 Å². The fourth-order valence-corrected chi connectivity index (χ4v) is 2.51. The summed E-state index contributed by atoms with van der Waals surface area (Å²) in [6.45, 7) is 6.32. The molecule has 0 N–H and O–H groups in total. The van der Waals surface area contributed by atoms with Gasteiger partial charge in [0.1, 0.15) is 0 Å². The molecular formula is C14H16NS-. The summed E-state index contributed by atoms with van der Waals surface area (Å²) < 4.78 is 0. The Morgan fingerprint density at radius 2 is 2.00 bits per heavy atom. The van der Waals surface area contributed by atoms with Crippen molar-refractivity contribution >= 4 is 23.5 Å².